The molecule has 0 aliphatic heterocycles. The fourth-order valence-electron chi connectivity index (χ4n) is 1.51. The molecule has 0 saturated heterocycles. The molecule has 6 nitrogen and oxygen atoms in total. The minimum Gasteiger partial charge on any atom is -0.477 e. The van der Waals surface area contributed by atoms with Gasteiger partial charge >= 0.3 is 12.0 Å². The summed E-state index contributed by atoms with van der Waals surface area (Å²) >= 11 is 0. The van der Waals surface area contributed by atoms with Gasteiger partial charge in [-0.25, -0.2) is 9.78 Å². The van der Waals surface area contributed by atoms with Crippen molar-refractivity contribution in [3.8, 4) is 6.01 Å². The minimum absolute atomic E-state index is 0.0691. The fraction of sp³-hybridized carbons (Fsp3) is 0.231. The number of rotatable bonds is 5. The van der Waals surface area contributed by atoms with Gasteiger partial charge in [-0.15, -0.1) is 0 Å². The Labute approximate surface area is 110 Å². The summed E-state index contributed by atoms with van der Waals surface area (Å²) in [6.07, 6.45) is 2.32. The van der Waals surface area contributed by atoms with E-state index in [9.17, 15) is 4.79 Å². The Morgan fingerprint density at radius 3 is 2.89 bits per heavy atom. The number of aromatic carboxylic acids is 1. The number of nitrogens with zero attached hydrogens (tertiary/aromatic N) is 3. The van der Waals surface area contributed by atoms with Crippen LogP contribution in [0.25, 0.3) is 0 Å². The Kier molecular flexibility index (Phi) is 4.02. The highest BCUT2D eigenvalue weighted by atomic mass is 16.5. The van der Waals surface area contributed by atoms with Gasteiger partial charge in [0.15, 0.2) is 5.69 Å². The summed E-state index contributed by atoms with van der Waals surface area (Å²) < 4.78 is 5.36. The number of hydrogen-bond donors (Lipinski definition) is 1. The van der Waals surface area contributed by atoms with E-state index < -0.39 is 5.97 Å². The molecular formula is C13H13N3O3. The SMILES string of the molecule is Cc1cc(C(=O)O)nc(OCCc2ccccn2)n1. The van der Waals surface area contributed by atoms with Crippen LogP contribution in [0.4, 0.5) is 0 Å². The highest BCUT2D eigenvalue weighted by molar-refractivity contribution is 5.85. The van der Waals surface area contributed by atoms with Gasteiger partial charge < -0.3 is 9.84 Å². The van der Waals surface area contributed by atoms with E-state index in [0.29, 0.717) is 18.7 Å². The van der Waals surface area contributed by atoms with E-state index in [2.05, 4.69) is 15.0 Å². The molecule has 0 fully saturated rings. The smallest absolute Gasteiger partial charge is 0.354 e. The lowest BCUT2D eigenvalue weighted by Crippen LogP contribution is -2.09. The minimum atomic E-state index is -1.10. The van der Waals surface area contributed by atoms with Crippen LogP contribution in [0.3, 0.4) is 0 Å². The molecule has 0 saturated carbocycles. The summed E-state index contributed by atoms with van der Waals surface area (Å²) in [6, 6.07) is 7.10. The number of carboxylic acids is 1. The van der Waals surface area contributed by atoms with Crippen molar-refractivity contribution in [2.75, 3.05) is 6.61 Å². The van der Waals surface area contributed by atoms with E-state index in [-0.39, 0.29) is 11.7 Å². The maximum absolute atomic E-state index is 10.8. The molecule has 0 radical (unpaired) electrons. The Balaban J connectivity index is 1.98. The highest BCUT2D eigenvalue weighted by Gasteiger charge is 2.09. The molecule has 0 amide bonds. The van der Waals surface area contributed by atoms with Gasteiger partial charge in [-0.2, -0.15) is 4.98 Å². The van der Waals surface area contributed by atoms with Crippen molar-refractivity contribution < 1.29 is 14.6 Å². The van der Waals surface area contributed by atoms with Crippen LogP contribution in [0.2, 0.25) is 0 Å². The molecule has 0 bridgehead atoms. The molecule has 0 spiro atoms. The molecule has 0 unspecified atom stereocenters. The highest BCUT2D eigenvalue weighted by Crippen LogP contribution is 2.07. The van der Waals surface area contributed by atoms with Gasteiger partial charge in [0.05, 0.1) is 6.61 Å². The zero-order valence-corrected chi connectivity index (χ0v) is 10.4. The Bertz CT molecular complexity index is 573. The molecule has 0 atom stereocenters. The molecule has 98 valence electrons. The molecule has 0 aliphatic carbocycles. The van der Waals surface area contributed by atoms with E-state index in [4.69, 9.17) is 9.84 Å². The van der Waals surface area contributed by atoms with E-state index in [0.717, 1.165) is 5.69 Å². The second-order valence-electron chi connectivity index (χ2n) is 3.90. The maximum atomic E-state index is 10.8. The third kappa shape index (κ3) is 3.74. The first-order valence-electron chi connectivity index (χ1n) is 5.77. The van der Waals surface area contributed by atoms with Crippen LogP contribution >= 0.6 is 0 Å². The van der Waals surface area contributed by atoms with Crippen LogP contribution < -0.4 is 4.74 Å². The van der Waals surface area contributed by atoms with E-state index in [1.807, 2.05) is 18.2 Å². The van der Waals surface area contributed by atoms with Crippen molar-refractivity contribution in [2.24, 2.45) is 0 Å². The molecule has 2 rings (SSSR count). The van der Waals surface area contributed by atoms with Crippen LogP contribution in [0, 0.1) is 6.92 Å². The van der Waals surface area contributed by atoms with Gasteiger partial charge in [-0.3, -0.25) is 4.98 Å². The van der Waals surface area contributed by atoms with Crippen LogP contribution in [0.15, 0.2) is 30.5 Å². The number of aryl methyl sites for hydroxylation is 1. The van der Waals surface area contributed by atoms with Crippen LogP contribution in [-0.4, -0.2) is 32.6 Å². The summed E-state index contributed by atoms with van der Waals surface area (Å²) in [5.74, 6) is -1.10. The lowest BCUT2D eigenvalue weighted by Gasteiger charge is -2.05. The standard InChI is InChI=1S/C13H13N3O3/c1-9-8-11(12(17)18)16-13(15-9)19-7-5-10-4-2-3-6-14-10/h2-4,6,8H,5,7H2,1H3,(H,17,18). The first-order valence-corrected chi connectivity index (χ1v) is 5.77. The summed E-state index contributed by atoms with van der Waals surface area (Å²) in [7, 11) is 0. The van der Waals surface area contributed by atoms with Gasteiger partial charge in [0, 0.05) is 24.0 Å². The normalized spacial score (nSPS) is 10.2. The second-order valence-corrected chi connectivity index (χ2v) is 3.90. The van der Waals surface area contributed by atoms with Crippen molar-refractivity contribution >= 4 is 5.97 Å². The van der Waals surface area contributed by atoms with E-state index in [1.165, 1.54) is 6.07 Å². The monoisotopic (exact) mass is 259 g/mol. The average Bonchev–Trinajstić information content (AvgIpc) is 2.39. The summed E-state index contributed by atoms with van der Waals surface area (Å²) in [5, 5.41) is 8.88. The molecule has 6 heteroatoms. The molecule has 2 aromatic heterocycles. The van der Waals surface area contributed by atoms with Crippen molar-refractivity contribution in [3.05, 3.63) is 47.5 Å². The number of pyridine rings is 1. The summed E-state index contributed by atoms with van der Waals surface area (Å²) in [6.45, 7) is 2.04. The largest absolute Gasteiger partial charge is 0.477 e. The van der Waals surface area contributed by atoms with E-state index >= 15 is 0 Å². The van der Waals surface area contributed by atoms with Crippen molar-refractivity contribution in [1.29, 1.82) is 0 Å². The summed E-state index contributed by atoms with van der Waals surface area (Å²) in [5.41, 5.74) is 1.38. The first kappa shape index (κ1) is 12.9. The number of aromatic nitrogens is 3. The predicted octanol–water partition coefficient (Wildman–Crippen LogP) is 1.50. The molecule has 2 aromatic rings. The van der Waals surface area contributed by atoms with Crippen LogP contribution in [0.5, 0.6) is 6.01 Å². The fourth-order valence-corrected chi connectivity index (χ4v) is 1.51. The van der Waals surface area contributed by atoms with Gasteiger partial charge in [-0.1, -0.05) is 6.07 Å². The zero-order chi connectivity index (χ0) is 13.7. The van der Waals surface area contributed by atoms with Gasteiger partial charge in [0.2, 0.25) is 0 Å². The average molecular weight is 259 g/mol. The number of carbonyl (C=O) groups is 1. The lowest BCUT2D eigenvalue weighted by molar-refractivity contribution is 0.0688. The Morgan fingerprint density at radius 1 is 1.37 bits per heavy atom. The molecule has 0 aromatic carbocycles. The topological polar surface area (TPSA) is 85.2 Å². The van der Waals surface area contributed by atoms with Crippen LogP contribution in [-0.2, 0) is 6.42 Å². The Morgan fingerprint density at radius 2 is 2.21 bits per heavy atom. The number of carboxylic acid groups (broad SMARTS) is 1. The molecular weight excluding hydrogens is 246 g/mol. The molecule has 19 heavy (non-hydrogen) atoms. The Hall–Kier alpha value is -2.50. The van der Waals surface area contributed by atoms with Gasteiger partial charge in [-0.05, 0) is 25.1 Å². The molecule has 1 N–H and O–H groups in total. The zero-order valence-electron chi connectivity index (χ0n) is 10.4. The molecule has 0 aliphatic rings. The second kappa shape index (κ2) is 5.90. The predicted molar refractivity (Wildman–Crippen MR) is 67.2 cm³/mol. The van der Waals surface area contributed by atoms with Crippen LogP contribution in [0.1, 0.15) is 21.9 Å². The van der Waals surface area contributed by atoms with Crippen molar-refractivity contribution in [1.82, 2.24) is 15.0 Å². The van der Waals surface area contributed by atoms with Crippen molar-refractivity contribution in [3.63, 3.8) is 0 Å². The number of hydrogen-bond acceptors (Lipinski definition) is 5. The van der Waals surface area contributed by atoms with Gasteiger partial charge in [0.1, 0.15) is 0 Å². The summed E-state index contributed by atoms with van der Waals surface area (Å²) in [4.78, 5) is 22.8. The molecule has 2 heterocycles. The van der Waals surface area contributed by atoms with Gasteiger partial charge in [0.25, 0.3) is 0 Å². The first-order chi connectivity index (χ1) is 9.15. The number of ether oxygens (including phenoxy) is 1. The van der Waals surface area contributed by atoms with Crippen molar-refractivity contribution in [2.45, 2.75) is 13.3 Å². The maximum Gasteiger partial charge on any atom is 0.354 e. The lowest BCUT2D eigenvalue weighted by atomic mass is 10.3. The third-order valence-electron chi connectivity index (χ3n) is 2.37. The third-order valence-corrected chi connectivity index (χ3v) is 2.37. The van der Waals surface area contributed by atoms with E-state index in [1.54, 1.807) is 13.1 Å². The quantitative estimate of drug-likeness (QED) is 0.875.